The van der Waals surface area contributed by atoms with Crippen molar-refractivity contribution in [1.82, 2.24) is 4.72 Å². The first-order valence-corrected chi connectivity index (χ1v) is 5.11. The van der Waals surface area contributed by atoms with Crippen molar-refractivity contribution in [3.05, 3.63) is 0 Å². The van der Waals surface area contributed by atoms with Crippen molar-refractivity contribution < 1.29 is 0 Å². The number of rotatable bonds is 2. The smallest absolute Gasteiger partial charge is 0.0323 e. The number of hydrogen-bond donors (Lipinski definition) is 2. The van der Waals surface area contributed by atoms with Gasteiger partial charge in [-0.2, -0.15) is 0 Å². The summed E-state index contributed by atoms with van der Waals surface area (Å²) in [6, 6.07) is 0.949. The molecule has 10 heavy (non-hydrogen) atoms. The van der Waals surface area contributed by atoms with E-state index in [4.69, 9.17) is 5.73 Å². The largest absolute Gasteiger partial charge is 0.326 e. The van der Waals surface area contributed by atoms with Crippen LogP contribution in [0.25, 0.3) is 0 Å². The maximum Gasteiger partial charge on any atom is 0.0323 e. The van der Waals surface area contributed by atoms with Gasteiger partial charge < -0.3 is 5.73 Å². The standard InChI is InChI=1S/C7H16N2S/c1-10-9-7-5-3-2-4-6(7)8/h6-7,9H,2-5,8H2,1H3. The van der Waals surface area contributed by atoms with Crippen molar-refractivity contribution in [3.8, 4) is 0 Å². The molecule has 0 spiro atoms. The zero-order valence-corrected chi connectivity index (χ0v) is 7.29. The predicted octanol–water partition coefficient (Wildman–Crippen LogP) is 1.12. The van der Waals surface area contributed by atoms with Crippen LogP contribution >= 0.6 is 11.9 Å². The van der Waals surface area contributed by atoms with E-state index >= 15 is 0 Å². The highest BCUT2D eigenvalue weighted by molar-refractivity contribution is 7.96. The van der Waals surface area contributed by atoms with E-state index in [1.807, 2.05) is 0 Å². The topological polar surface area (TPSA) is 38.0 Å². The lowest BCUT2D eigenvalue weighted by atomic mass is 9.92. The van der Waals surface area contributed by atoms with Crippen molar-refractivity contribution in [2.45, 2.75) is 37.8 Å². The zero-order valence-electron chi connectivity index (χ0n) is 6.47. The molecule has 3 N–H and O–H groups in total. The Kier molecular flexibility index (Phi) is 3.52. The highest BCUT2D eigenvalue weighted by Crippen LogP contribution is 2.17. The summed E-state index contributed by atoms with van der Waals surface area (Å²) in [5.74, 6) is 0. The molecule has 3 heteroatoms. The fraction of sp³-hybridized carbons (Fsp3) is 1.00. The number of hydrogen-bond acceptors (Lipinski definition) is 3. The average molecular weight is 160 g/mol. The van der Waals surface area contributed by atoms with Crippen LogP contribution in [0.3, 0.4) is 0 Å². The van der Waals surface area contributed by atoms with Crippen LogP contribution in [-0.2, 0) is 0 Å². The van der Waals surface area contributed by atoms with Crippen LogP contribution in [0.15, 0.2) is 0 Å². The van der Waals surface area contributed by atoms with E-state index in [1.54, 1.807) is 11.9 Å². The normalized spacial score (nSPS) is 34.2. The summed E-state index contributed by atoms with van der Waals surface area (Å²) in [6.07, 6.45) is 7.15. The SMILES string of the molecule is CSNC1CCCCC1N. The summed E-state index contributed by atoms with van der Waals surface area (Å²) < 4.78 is 3.33. The molecule has 0 radical (unpaired) electrons. The zero-order chi connectivity index (χ0) is 7.40. The Morgan fingerprint density at radius 3 is 2.70 bits per heavy atom. The fourth-order valence-corrected chi connectivity index (χ4v) is 2.05. The minimum Gasteiger partial charge on any atom is -0.326 e. The second-order valence-electron chi connectivity index (χ2n) is 2.88. The number of nitrogens with two attached hydrogens (primary N) is 1. The highest BCUT2D eigenvalue weighted by Gasteiger charge is 2.20. The van der Waals surface area contributed by atoms with Gasteiger partial charge in [0.05, 0.1) is 0 Å². The summed E-state index contributed by atoms with van der Waals surface area (Å²) >= 11 is 1.68. The molecule has 0 aromatic rings. The molecular weight excluding hydrogens is 144 g/mol. The van der Waals surface area contributed by atoms with Gasteiger partial charge in [0.1, 0.15) is 0 Å². The number of nitrogens with one attached hydrogen (secondary N) is 1. The molecule has 2 atom stereocenters. The lowest BCUT2D eigenvalue weighted by Gasteiger charge is -2.28. The first-order valence-electron chi connectivity index (χ1n) is 3.88. The van der Waals surface area contributed by atoms with Gasteiger partial charge in [0.2, 0.25) is 0 Å². The first-order chi connectivity index (χ1) is 4.84. The van der Waals surface area contributed by atoms with Gasteiger partial charge in [0.15, 0.2) is 0 Å². The van der Waals surface area contributed by atoms with Crippen molar-refractivity contribution in [2.75, 3.05) is 6.26 Å². The highest BCUT2D eigenvalue weighted by atomic mass is 32.2. The molecule has 0 heterocycles. The Morgan fingerprint density at radius 1 is 1.40 bits per heavy atom. The molecule has 1 rings (SSSR count). The lowest BCUT2D eigenvalue weighted by molar-refractivity contribution is 0.369. The van der Waals surface area contributed by atoms with Crippen LogP contribution in [0.5, 0.6) is 0 Å². The molecule has 0 bridgehead atoms. The Labute approximate surface area is 67.1 Å². The van der Waals surface area contributed by atoms with Crippen molar-refractivity contribution >= 4 is 11.9 Å². The Balaban J connectivity index is 2.25. The minimum atomic E-state index is 0.390. The van der Waals surface area contributed by atoms with E-state index in [2.05, 4.69) is 11.0 Å². The van der Waals surface area contributed by atoms with Crippen LogP contribution in [-0.4, -0.2) is 18.3 Å². The van der Waals surface area contributed by atoms with Crippen LogP contribution in [0.4, 0.5) is 0 Å². The van der Waals surface area contributed by atoms with Gasteiger partial charge in [-0.05, 0) is 19.1 Å². The van der Waals surface area contributed by atoms with E-state index in [1.165, 1.54) is 25.7 Å². The van der Waals surface area contributed by atoms with Gasteiger partial charge in [-0.25, -0.2) is 0 Å². The molecule has 1 saturated carbocycles. The molecule has 0 aliphatic heterocycles. The van der Waals surface area contributed by atoms with E-state index in [-0.39, 0.29) is 0 Å². The van der Waals surface area contributed by atoms with Crippen LogP contribution in [0.1, 0.15) is 25.7 Å². The minimum absolute atomic E-state index is 0.390. The molecule has 2 nitrogen and oxygen atoms in total. The molecule has 0 amide bonds. The summed E-state index contributed by atoms with van der Waals surface area (Å²) in [6.45, 7) is 0. The Hall–Kier alpha value is 0.270. The summed E-state index contributed by atoms with van der Waals surface area (Å²) in [4.78, 5) is 0. The Bertz CT molecular complexity index is 95.6. The monoisotopic (exact) mass is 160 g/mol. The van der Waals surface area contributed by atoms with E-state index in [0.29, 0.717) is 12.1 Å². The molecule has 1 aliphatic carbocycles. The molecule has 0 aromatic heterocycles. The average Bonchev–Trinajstić information content (AvgIpc) is 1.94. The third kappa shape index (κ3) is 2.15. The molecule has 0 aromatic carbocycles. The maximum atomic E-state index is 5.89. The molecule has 2 unspecified atom stereocenters. The van der Waals surface area contributed by atoms with Gasteiger partial charge >= 0.3 is 0 Å². The van der Waals surface area contributed by atoms with Crippen molar-refractivity contribution in [3.63, 3.8) is 0 Å². The predicted molar refractivity (Wildman–Crippen MR) is 46.9 cm³/mol. The molecule has 1 fully saturated rings. The quantitative estimate of drug-likeness (QED) is 0.595. The van der Waals surface area contributed by atoms with E-state index in [9.17, 15) is 0 Å². The summed E-state index contributed by atoms with van der Waals surface area (Å²) in [7, 11) is 0. The van der Waals surface area contributed by atoms with Gasteiger partial charge in [0, 0.05) is 12.1 Å². The van der Waals surface area contributed by atoms with Gasteiger partial charge in [-0.1, -0.05) is 24.8 Å². The third-order valence-electron chi connectivity index (χ3n) is 2.09. The van der Waals surface area contributed by atoms with Crippen LogP contribution < -0.4 is 10.5 Å². The first kappa shape index (κ1) is 8.37. The molecule has 60 valence electrons. The Morgan fingerprint density at radius 2 is 2.10 bits per heavy atom. The van der Waals surface area contributed by atoms with Crippen LogP contribution in [0.2, 0.25) is 0 Å². The van der Waals surface area contributed by atoms with Crippen molar-refractivity contribution in [2.24, 2.45) is 5.73 Å². The van der Waals surface area contributed by atoms with Gasteiger partial charge in [-0.15, -0.1) is 0 Å². The third-order valence-corrected chi connectivity index (χ3v) is 2.63. The second-order valence-corrected chi connectivity index (χ2v) is 3.52. The lowest BCUT2D eigenvalue weighted by Crippen LogP contribution is -2.44. The second kappa shape index (κ2) is 4.21. The fourth-order valence-electron chi connectivity index (χ4n) is 1.46. The van der Waals surface area contributed by atoms with E-state index < -0.39 is 0 Å². The van der Waals surface area contributed by atoms with Gasteiger partial charge in [-0.3, -0.25) is 4.72 Å². The summed E-state index contributed by atoms with van der Waals surface area (Å²) in [5.41, 5.74) is 5.89. The van der Waals surface area contributed by atoms with Crippen molar-refractivity contribution in [1.29, 1.82) is 0 Å². The maximum absolute atomic E-state index is 5.89. The van der Waals surface area contributed by atoms with E-state index in [0.717, 1.165) is 0 Å². The van der Waals surface area contributed by atoms with Crippen LogP contribution in [0, 0.1) is 0 Å². The molecule has 0 saturated heterocycles. The van der Waals surface area contributed by atoms with Gasteiger partial charge in [0.25, 0.3) is 0 Å². The summed E-state index contributed by atoms with van der Waals surface area (Å²) in [5, 5.41) is 0. The molecular formula is C7H16N2S. The molecule has 1 aliphatic rings.